The maximum Gasteiger partial charge on any atom is 0.175 e. The standard InChI is InChI=1S/C25H19BrN2O2/c1-2-29-24-14-20(12-22(16-28)21-10-8-18(15-27)9-11-21)13-23(26)25(24)30-17-19-6-4-3-5-7-19/h3-14H,2,17H2,1H3/b22-12-. The summed E-state index contributed by atoms with van der Waals surface area (Å²) in [5.41, 5.74) is 3.65. The number of rotatable bonds is 7. The lowest BCUT2D eigenvalue weighted by Crippen LogP contribution is -2.01. The van der Waals surface area contributed by atoms with Gasteiger partial charge in [0.2, 0.25) is 0 Å². The van der Waals surface area contributed by atoms with Crippen molar-refractivity contribution >= 4 is 27.6 Å². The van der Waals surface area contributed by atoms with Crippen molar-refractivity contribution in [3.8, 4) is 23.6 Å². The quantitative estimate of drug-likeness (QED) is 0.305. The summed E-state index contributed by atoms with van der Waals surface area (Å²) in [6, 6.07) is 24.9. The van der Waals surface area contributed by atoms with E-state index in [-0.39, 0.29) is 0 Å². The van der Waals surface area contributed by atoms with E-state index in [2.05, 4.69) is 28.1 Å². The summed E-state index contributed by atoms with van der Waals surface area (Å²) in [4.78, 5) is 0. The maximum absolute atomic E-state index is 9.62. The highest BCUT2D eigenvalue weighted by Gasteiger charge is 2.13. The van der Waals surface area contributed by atoms with Gasteiger partial charge in [0.1, 0.15) is 6.61 Å². The van der Waals surface area contributed by atoms with Crippen molar-refractivity contribution in [3.63, 3.8) is 0 Å². The first-order valence-corrected chi connectivity index (χ1v) is 10.2. The zero-order chi connectivity index (χ0) is 21.3. The van der Waals surface area contributed by atoms with Crippen LogP contribution < -0.4 is 9.47 Å². The van der Waals surface area contributed by atoms with Crippen molar-refractivity contribution in [3.05, 3.63) is 93.5 Å². The zero-order valence-corrected chi connectivity index (χ0v) is 18.0. The van der Waals surface area contributed by atoms with Gasteiger partial charge in [0, 0.05) is 0 Å². The van der Waals surface area contributed by atoms with Crippen LogP contribution in [0.3, 0.4) is 0 Å². The first kappa shape index (κ1) is 21.2. The van der Waals surface area contributed by atoms with Crippen LogP contribution in [0.5, 0.6) is 11.5 Å². The van der Waals surface area contributed by atoms with Crippen molar-refractivity contribution in [2.24, 2.45) is 0 Å². The van der Waals surface area contributed by atoms with Crippen molar-refractivity contribution in [1.82, 2.24) is 0 Å². The fourth-order valence-corrected chi connectivity index (χ4v) is 3.45. The molecule has 0 heterocycles. The van der Waals surface area contributed by atoms with E-state index in [9.17, 15) is 5.26 Å². The van der Waals surface area contributed by atoms with Crippen LogP contribution >= 0.6 is 15.9 Å². The lowest BCUT2D eigenvalue weighted by atomic mass is 10.0. The Labute approximate surface area is 184 Å². The van der Waals surface area contributed by atoms with E-state index in [1.807, 2.05) is 49.4 Å². The maximum atomic E-state index is 9.62. The van der Waals surface area contributed by atoms with E-state index in [1.165, 1.54) is 0 Å². The molecule has 0 aliphatic rings. The molecule has 0 unspecified atom stereocenters. The van der Waals surface area contributed by atoms with Gasteiger partial charge in [-0.15, -0.1) is 0 Å². The summed E-state index contributed by atoms with van der Waals surface area (Å²) in [6.07, 6.45) is 1.79. The van der Waals surface area contributed by atoms with Gasteiger partial charge in [-0.3, -0.25) is 0 Å². The van der Waals surface area contributed by atoms with Gasteiger partial charge in [-0.2, -0.15) is 10.5 Å². The molecule has 4 nitrogen and oxygen atoms in total. The first-order chi connectivity index (χ1) is 14.6. The smallest absolute Gasteiger partial charge is 0.175 e. The summed E-state index contributed by atoms with van der Waals surface area (Å²) in [5, 5.41) is 18.6. The third-order valence-corrected chi connectivity index (χ3v) is 4.90. The van der Waals surface area contributed by atoms with E-state index >= 15 is 0 Å². The molecule has 0 spiro atoms. The predicted octanol–water partition coefficient (Wildman–Crippen LogP) is 6.36. The lowest BCUT2D eigenvalue weighted by molar-refractivity contribution is 0.267. The third kappa shape index (κ3) is 5.29. The molecule has 30 heavy (non-hydrogen) atoms. The van der Waals surface area contributed by atoms with Gasteiger partial charge < -0.3 is 9.47 Å². The van der Waals surface area contributed by atoms with Crippen LogP contribution in [0.2, 0.25) is 0 Å². The molecule has 148 valence electrons. The van der Waals surface area contributed by atoms with Gasteiger partial charge in [0.05, 0.1) is 34.4 Å². The second-order valence-electron chi connectivity index (χ2n) is 6.40. The molecule has 0 N–H and O–H groups in total. The molecule has 0 aromatic heterocycles. The normalized spacial score (nSPS) is 10.7. The predicted molar refractivity (Wildman–Crippen MR) is 121 cm³/mol. The van der Waals surface area contributed by atoms with Crippen LogP contribution in [0, 0.1) is 22.7 Å². The summed E-state index contributed by atoms with van der Waals surface area (Å²) in [5.74, 6) is 1.22. The summed E-state index contributed by atoms with van der Waals surface area (Å²) in [7, 11) is 0. The van der Waals surface area contributed by atoms with Crippen molar-refractivity contribution in [1.29, 1.82) is 10.5 Å². The molecule has 5 heteroatoms. The number of allylic oxidation sites excluding steroid dienone is 1. The molecule has 0 aliphatic heterocycles. The fraction of sp³-hybridized carbons (Fsp3) is 0.120. The second kappa shape index (κ2) is 10.3. The van der Waals surface area contributed by atoms with Crippen molar-refractivity contribution in [2.75, 3.05) is 6.61 Å². The molecule has 0 fully saturated rings. The Morgan fingerprint density at radius 1 is 1.00 bits per heavy atom. The van der Waals surface area contributed by atoms with E-state index < -0.39 is 0 Å². The molecule has 0 radical (unpaired) electrons. The number of hydrogen-bond acceptors (Lipinski definition) is 4. The van der Waals surface area contributed by atoms with Crippen LogP contribution in [0.4, 0.5) is 0 Å². The first-order valence-electron chi connectivity index (χ1n) is 9.40. The Morgan fingerprint density at radius 3 is 2.37 bits per heavy atom. The zero-order valence-electron chi connectivity index (χ0n) is 16.4. The Bertz CT molecular complexity index is 1120. The molecule has 0 aliphatic carbocycles. The molecule has 3 aromatic carbocycles. The molecular formula is C25H19BrN2O2. The van der Waals surface area contributed by atoms with Crippen LogP contribution in [-0.2, 0) is 6.61 Å². The van der Waals surface area contributed by atoms with Crippen LogP contribution in [0.25, 0.3) is 11.6 Å². The highest BCUT2D eigenvalue weighted by atomic mass is 79.9. The van der Waals surface area contributed by atoms with Gasteiger partial charge in [-0.1, -0.05) is 42.5 Å². The van der Waals surface area contributed by atoms with Gasteiger partial charge in [0.25, 0.3) is 0 Å². The Morgan fingerprint density at radius 2 is 1.73 bits per heavy atom. The minimum atomic E-state index is 0.420. The van der Waals surface area contributed by atoms with Gasteiger partial charge >= 0.3 is 0 Å². The number of ether oxygens (including phenoxy) is 2. The Kier molecular flexibility index (Phi) is 7.27. The number of nitriles is 2. The third-order valence-electron chi connectivity index (χ3n) is 4.31. The molecular weight excluding hydrogens is 440 g/mol. The van der Waals surface area contributed by atoms with E-state index in [0.29, 0.717) is 35.8 Å². The molecule has 0 bridgehead atoms. The average molecular weight is 459 g/mol. The van der Waals surface area contributed by atoms with Gasteiger partial charge in [-0.25, -0.2) is 0 Å². The summed E-state index contributed by atoms with van der Waals surface area (Å²) >= 11 is 3.58. The van der Waals surface area contributed by atoms with Crippen LogP contribution in [0.1, 0.15) is 29.2 Å². The van der Waals surface area contributed by atoms with Crippen LogP contribution in [0.15, 0.2) is 71.2 Å². The van der Waals surface area contributed by atoms with Crippen molar-refractivity contribution in [2.45, 2.75) is 13.5 Å². The number of halogens is 1. The number of nitrogens with zero attached hydrogens (tertiary/aromatic N) is 2. The highest BCUT2D eigenvalue weighted by Crippen LogP contribution is 2.38. The van der Waals surface area contributed by atoms with Gasteiger partial charge in [-0.05, 0) is 69.9 Å². The van der Waals surface area contributed by atoms with E-state index in [1.54, 1.807) is 30.3 Å². The van der Waals surface area contributed by atoms with Gasteiger partial charge in [0.15, 0.2) is 11.5 Å². The molecule has 0 amide bonds. The monoisotopic (exact) mass is 458 g/mol. The second-order valence-corrected chi connectivity index (χ2v) is 7.25. The molecule has 0 atom stereocenters. The molecule has 0 saturated carbocycles. The molecule has 0 saturated heterocycles. The average Bonchev–Trinajstić information content (AvgIpc) is 2.78. The SMILES string of the molecule is CCOc1cc(/C=C(/C#N)c2ccc(C#N)cc2)cc(Br)c1OCc1ccccc1. The van der Waals surface area contributed by atoms with E-state index in [4.69, 9.17) is 14.7 Å². The van der Waals surface area contributed by atoms with E-state index in [0.717, 1.165) is 21.2 Å². The molecule has 3 aromatic rings. The van der Waals surface area contributed by atoms with Crippen LogP contribution in [-0.4, -0.2) is 6.61 Å². The summed E-state index contributed by atoms with van der Waals surface area (Å²) in [6.45, 7) is 2.82. The number of hydrogen-bond donors (Lipinski definition) is 0. The highest BCUT2D eigenvalue weighted by molar-refractivity contribution is 9.10. The summed E-state index contributed by atoms with van der Waals surface area (Å²) < 4.78 is 12.6. The minimum absolute atomic E-state index is 0.420. The number of benzene rings is 3. The molecule has 3 rings (SSSR count). The Hall–Kier alpha value is -3.54. The largest absolute Gasteiger partial charge is 0.490 e. The fourth-order valence-electron chi connectivity index (χ4n) is 2.88. The minimum Gasteiger partial charge on any atom is -0.490 e. The topological polar surface area (TPSA) is 66.0 Å². The Balaban J connectivity index is 1.92. The van der Waals surface area contributed by atoms with Crippen molar-refractivity contribution < 1.29 is 9.47 Å². The lowest BCUT2D eigenvalue weighted by Gasteiger charge is -2.15.